The third-order valence-corrected chi connectivity index (χ3v) is 3.97. The SMILES string of the molecule is c1csc(-c2nc(Nc3cn[nH]c3)c3ccccc3n2)c1. The van der Waals surface area contributed by atoms with Crippen LogP contribution >= 0.6 is 11.3 Å². The van der Waals surface area contributed by atoms with Crippen molar-refractivity contribution in [2.45, 2.75) is 0 Å². The maximum atomic E-state index is 4.66. The minimum absolute atomic E-state index is 0.731. The Balaban J connectivity index is 1.90. The number of hydrogen-bond acceptors (Lipinski definition) is 5. The van der Waals surface area contributed by atoms with E-state index in [1.54, 1.807) is 23.7 Å². The number of hydrogen-bond donors (Lipinski definition) is 2. The molecule has 0 saturated carbocycles. The fourth-order valence-electron chi connectivity index (χ4n) is 2.14. The molecule has 0 aliphatic heterocycles. The molecule has 21 heavy (non-hydrogen) atoms. The summed E-state index contributed by atoms with van der Waals surface area (Å²) in [6.45, 7) is 0. The van der Waals surface area contributed by atoms with Crippen LogP contribution in [0.3, 0.4) is 0 Å². The van der Waals surface area contributed by atoms with Crippen molar-refractivity contribution in [3.8, 4) is 10.7 Å². The van der Waals surface area contributed by atoms with Crippen molar-refractivity contribution in [2.75, 3.05) is 5.32 Å². The zero-order valence-electron chi connectivity index (χ0n) is 10.9. The molecule has 0 fully saturated rings. The first-order valence-corrected chi connectivity index (χ1v) is 7.34. The largest absolute Gasteiger partial charge is 0.337 e. The van der Waals surface area contributed by atoms with E-state index in [2.05, 4.69) is 25.5 Å². The van der Waals surface area contributed by atoms with Crippen LogP contribution in [0.15, 0.2) is 54.2 Å². The summed E-state index contributed by atoms with van der Waals surface area (Å²) in [7, 11) is 0. The van der Waals surface area contributed by atoms with Gasteiger partial charge in [-0.05, 0) is 23.6 Å². The Kier molecular flexibility index (Phi) is 2.86. The van der Waals surface area contributed by atoms with Gasteiger partial charge in [0.25, 0.3) is 0 Å². The van der Waals surface area contributed by atoms with Gasteiger partial charge in [-0.1, -0.05) is 18.2 Å². The van der Waals surface area contributed by atoms with E-state index in [-0.39, 0.29) is 0 Å². The Morgan fingerprint density at radius 1 is 1.05 bits per heavy atom. The van der Waals surface area contributed by atoms with Gasteiger partial charge in [-0.25, -0.2) is 9.97 Å². The third kappa shape index (κ3) is 2.25. The van der Waals surface area contributed by atoms with E-state index in [0.29, 0.717) is 0 Å². The van der Waals surface area contributed by atoms with Crippen molar-refractivity contribution >= 4 is 33.7 Å². The number of H-pyrrole nitrogens is 1. The first-order valence-electron chi connectivity index (χ1n) is 6.46. The van der Waals surface area contributed by atoms with Gasteiger partial charge in [0.2, 0.25) is 0 Å². The van der Waals surface area contributed by atoms with E-state index in [0.717, 1.165) is 33.1 Å². The number of nitrogens with zero attached hydrogens (tertiary/aromatic N) is 3. The molecule has 0 saturated heterocycles. The van der Waals surface area contributed by atoms with Crippen molar-refractivity contribution in [1.82, 2.24) is 20.2 Å². The topological polar surface area (TPSA) is 66.5 Å². The minimum atomic E-state index is 0.731. The lowest BCUT2D eigenvalue weighted by molar-refractivity contribution is 1.09. The lowest BCUT2D eigenvalue weighted by Crippen LogP contribution is -1.98. The van der Waals surface area contributed by atoms with Crippen LogP contribution in [0.5, 0.6) is 0 Å². The van der Waals surface area contributed by atoms with E-state index in [1.807, 2.05) is 41.8 Å². The lowest BCUT2D eigenvalue weighted by Gasteiger charge is -2.08. The van der Waals surface area contributed by atoms with Crippen molar-refractivity contribution in [3.05, 3.63) is 54.2 Å². The van der Waals surface area contributed by atoms with Gasteiger partial charge in [0, 0.05) is 11.6 Å². The number of aromatic nitrogens is 4. The number of benzene rings is 1. The van der Waals surface area contributed by atoms with Crippen LogP contribution in [0.4, 0.5) is 11.5 Å². The number of aromatic amines is 1. The fourth-order valence-corrected chi connectivity index (χ4v) is 2.80. The molecule has 0 unspecified atom stereocenters. The molecule has 0 bridgehead atoms. The Morgan fingerprint density at radius 2 is 2.00 bits per heavy atom. The lowest BCUT2D eigenvalue weighted by atomic mass is 10.2. The van der Waals surface area contributed by atoms with Gasteiger partial charge < -0.3 is 5.32 Å². The summed E-state index contributed by atoms with van der Waals surface area (Å²) in [4.78, 5) is 10.4. The Hall–Kier alpha value is -2.73. The first-order chi connectivity index (χ1) is 10.4. The second-order valence-electron chi connectivity index (χ2n) is 4.50. The summed E-state index contributed by atoms with van der Waals surface area (Å²) >= 11 is 1.63. The van der Waals surface area contributed by atoms with E-state index >= 15 is 0 Å². The number of nitrogens with one attached hydrogen (secondary N) is 2. The van der Waals surface area contributed by atoms with Gasteiger partial charge >= 0.3 is 0 Å². The highest BCUT2D eigenvalue weighted by Crippen LogP contribution is 2.28. The summed E-state index contributed by atoms with van der Waals surface area (Å²) < 4.78 is 0. The number of rotatable bonds is 3. The second-order valence-corrected chi connectivity index (χ2v) is 5.45. The van der Waals surface area contributed by atoms with Crippen molar-refractivity contribution in [2.24, 2.45) is 0 Å². The highest BCUT2D eigenvalue weighted by atomic mass is 32.1. The second kappa shape index (κ2) is 4.99. The molecule has 6 heteroatoms. The molecule has 102 valence electrons. The van der Waals surface area contributed by atoms with Crippen LogP contribution < -0.4 is 5.32 Å². The molecule has 3 heterocycles. The van der Waals surface area contributed by atoms with E-state index in [4.69, 9.17) is 0 Å². The van der Waals surface area contributed by atoms with E-state index < -0.39 is 0 Å². The minimum Gasteiger partial charge on any atom is -0.337 e. The summed E-state index contributed by atoms with van der Waals surface area (Å²) in [6, 6.07) is 12.0. The number of fused-ring (bicyclic) bond motifs is 1. The molecular formula is C15H11N5S. The zero-order valence-corrected chi connectivity index (χ0v) is 11.8. The summed E-state index contributed by atoms with van der Waals surface area (Å²) in [5.74, 6) is 1.51. The van der Waals surface area contributed by atoms with Gasteiger partial charge in [0.15, 0.2) is 5.82 Å². The van der Waals surface area contributed by atoms with Crippen LogP contribution in [0, 0.1) is 0 Å². The van der Waals surface area contributed by atoms with Gasteiger partial charge in [-0.3, -0.25) is 5.10 Å². The monoisotopic (exact) mass is 293 g/mol. The summed E-state index contributed by atoms with van der Waals surface area (Å²) in [5, 5.41) is 13.0. The fraction of sp³-hybridized carbons (Fsp3) is 0. The van der Waals surface area contributed by atoms with E-state index in [9.17, 15) is 0 Å². The molecule has 3 aromatic heterocycles. The molecule has 4 rings (SSSR count). The van der Waals surface area contributed by atoms with Gasteiger partial charge in [0.05, 0.1) is 22.3 Å². The quantitative estimate of drug-likeness (QED) is 0.602. The predicted octanol–water partition coefficient (Wildman–Crippen LogP) is 3.83. The summed E-state index contributed by atoms with van der Waals surface area (Å²) in [5.41, 5.74) is 1.79. The number of thiophene rings is 1. The number of para-hydroxylation sites is 1. The molecule has 0 spiro atoms. The maximum Gasteiger partial charge on any atom is 0.172 e. The van der Waals surface area contributed by atoms with Crippen LogP contribution in [0.1, 0.15) is 0 Å². The first kappa shape index (κ1) is 12.0. The van der Waals surface area contributed by atoms with Gasteiger partial charge in [-0.15, -0.1) is 11.3 Å². The van der Waals surface area contributed by atoms with Crippen LogP contribution in [0.2, 0.25) is 0 Å². The van der Waals surface area contributed by atoms with Crippen LogP contribution in [0.25, 0.3) is 21.6 Å². The average Bonchev–Trinajstić information content (AvgIpc) is 3.20. The molecule has 0 aliphatic rings. The van der Waals surface area contributed by atoms with Gasteiger partial charge in [0.1, 0.15) is 5.82 Å². The normalized spacial score (nSPS) is 10.9. The Bertz CT molecular complexity index is 868. The van der Waals surface area contributed by atoms with Crippen molar-refractivity contribution < 1.29 is 0 Å². The molecule has 0 atom stereocenters. The molecular weight excluding hydrogens is 282 g/mol. The molecule has 0 amide bonds. The number of anilines is 2. The zero-order chi connectivity index (χ0) is 14.1. The molecule has 5 nitrogen and oxygen atoms in total. The molecule has 1 aromatic carbocycles. The van der Waals surface area contributed by atoms with Crippen LogP contribution in [-0.4, -0.2) is 20.2 Å². The molecule has 4 aromatic rings. The highest BCUT2D eigenvalue weighted by molar-refractivity contribution is 7.13. The molecule has 2 N–H and O–H groups in total. The Labute approximate surface area is 124 Å². The maximum absolute atomic E-state index is 4.66. The van der Waals surface area contributed by atoms with Crippen molar-refractivity contribution in [3.63, 3.8) is 0 Å². The van der Waals surface area contributed by atoms with Crippen LogP contribution in [-0.2, 0) is 0 Å². The summed E-state index contributed by atoms with van der Waals surface area (Å²) in [6.07, 6.45) is 3.52. The van der Waals surface area contributed by atoms with E-state index in [1.165, 1.54) is 0 Å². The highest BCUT2D eigenvalue weighted by Gasteiger charge is 2.10. The molecule has 0 radical (unpaired) electrons. The predicted molar refractivity (Wildman–Crippen MR) is 84.7 cm³/mol. The average molecular weight is 293 g/mol. The third-order valence-electron chi connectivity index (χ3n) is 3.11. The van der Waals surface area contributed by atoms with Gasteiger partial charge in [-0.2, -0.15) is 5.10 Å². The standard InChI is InChI=1S/C15H11N5S/c1-2-5-12-11(4-1)14(18-10-8-16-17-9-10)20-15(19-12)13-6-3-7-21-13/h1-9H,(H,16,17)(H,18,19,20). The molecule has 0 aliphatic carbocycles. The smallest absolute Gasteiger partial charge is 0.172 e. The van der Waals surface area contributed by atoms with Crippen molar-refractivity contribution in [1.29, 1.82) is 0 Å². The Morgan fingerprint density at radius 3 is 2.81 bits per heavy atom.